The minimum Gasteiger partial charge on any atom is -0.310 e. The molecule has 0 bridgehead atoms. The molecule has 0 unspecified atom stereocenters. The van der Waals surface area contributed by atoms with E-state index in [1.54, 1.807) is 18.3 Å². The normalized spacial score (nSPS) is 14.9. The van der Waals surface area contributed by atoms with Gasteiger partial charge in [-0.05, 0) is 43.5 Å². The second-order valence-electron chi connectivity index (χ2n) is 6.10. The average molecular weight is 304 g/mol. The molecule has 0 radical (unpaired) electrons. The Labute approximate surface area is 129 Å². The van der Waals surface area contributed by atoms with Gasteiger partial charge in [0.15, 0.2) is 0 Å². The number of halogens is 1. The van der Waals surface area contributed by atoms with Gasteiger partial charge in [-0.15, -0.1) is 11.3 Å². The Bertz CT molecular complexity index is 644. The maximum atomic E-state index is 13.4. The fraction of sp³-hybridized carbons (Fsp3) is 0.471. The van der Waals surface area contributed by atoms with Crippen LogP contribution in [0.3, 0.4) is 0 Å². The van der Waals surface area contributed by atoms with Crippen LogP contribution in [0, 0.1) is 12.7 Å². The quantitative estimate of drug-likeness (QED) is 0.871. The Morgan fingerprint density at radius 3 is 2.76 bits per heavy atom. The van der Waals surface area contributed by atoms with E-state index in [0.29, 0.717) is 17.5 Å². The maximum Gasteiger partial charge on any atom is 0.126 e. The van der Waals surface area contributed by atoms with Crippen molar-refractivity contribution in [2.24, 2.45) is 0 Å². The summed E-state index contributed by atoms with van der Waals surface area (Å²) in [5.74, 6) is 0.486. The SMILES string of the molecule is Cc1cc(-c2nc(C3CC3)c(CNC(C)C)s2)ccc1F. The van der Waals surface area contributed by atoms with E-state index in [4.69, 9.17) is 4.98 Å². The van der Waals surface area contributed by atoms with Crippen LogP contribution >= 0.6 is 11.3 Å². The minimum absolute atomic E-state index is 0.153. The van der Waals surface area contributed by atoms with Gasteiger partial charge in [0.2, 0.25) is 0 Å². The van der Waals surface area contributed by atoms with E-state index in [0.717, 1.165) is 17.1 Å². The first-order valence-electron chi connectivity index (χ1n) is 7.54. The molecule has 1 N–H and O–H groups in total. The van der Waals surface area contributed by atoms with Crippen molar-refractivity contribution in [2.45, 2.75) is 52.1 Å². The molecule has 112 valence electrons. The highest BCUT2D eigenvalue weighted by Crippen LogP contribution is 2.44. The summed E-state index contributed by atoms with van der Waals surface area (Å²) in [7, 11) is 0. The molecule has 21 heavy (non-hydrogen) atoms. The van der Waals surface area contributed by atoms with Gasteiger partial charge >= 0.3 is 0 Å². The van der Waals surface area contributed by atoms with Crippen LogP contribution in [0.15, 0.2) is 18.2 Å². The number of thiazole rings is 1. The number of benzene rings is 1. The molecule has 1 saturated carbocycles. The van der Waals surface area contributed by atoms with Gasteiger partial charge in [0, 0.05) is 28.9 Å². The largest absolute Gasteiger partial charge is 0.310 e. The predicted octanol–water partition coefficient (Wildman–Crippen LogP) is 4.63. The zero-order chi connectivity index (χ0) is 15.0. The summed E-state index contributed by atoms with van der Waals surface area (Å²) in [5.41, 5.74) is 2.96. The van der Waals surface area contributed by atoms with Crippen molar-refractivity contribution in [2.75, 3.05) is 0 Å². The third-order valence-corrected chi connectivity index (χ3v) is 4.89. The molecule has 1 aromatic carbocycles. The molecule has 1 fully saturated rings. The van der Waals surface area contributed by atoms with Crippen molar-refractivity contribution >= 4 is 11.3 Å². The van der Waals surface area contributed by atoms with Crippen LogP contribution < -0.4 is 5.32 Å². The lowest BCUT2D eigenvalue weighted by Gasteiger charge is -2.07. The first-order valence-corrected chi connectivity index (χ1v) is 8.35. The van der Waals surface area contributed by atoms with E-state index >= 15 is 0 Å². The molecule has 1 heterocycles. The van der Waals surface area contributed by atoms with E-state index in [2.05, 4.69) is 19.2 Å². The van der Waals surface area contributed by atoms with Gasteiger partial charge in [-0.2, -0.15) is 0 Å². The van der Waals surface area contributed by atoms with E-state index in [1.807, 2.05) is 12.1 Å². The van der Waals surface area contributed by atoms with E-state index in [1.165, 1.54) is 29.5 Å². The van der Waals surface area contributed by atoms with Crippen LogP contribution in [-0.2, 0) is 6.54 Å². The van der Waals surface area contributed by atoms with Gasteiger partial charge in [-0.1, -0.05) is 13.8 Å². The maximum absolute atomic E-state index is 13.4. The number of aryl methyl sites for hydroxylation is 1. The number of hydrogen-bond acceptors (Lipinski definition) is 3. The topological polar surface area (TPSA) is 24.9 Å². The first kappa shape index (κ1) is 14.7. The van der Waals surface area contributed by atoms with Crippen LogP contribution in [-0.4, -0.2) is 11.0 Å². The molecule has 3 rings (SSSR count). The van der Waals surface area contributed by atoms with E-state index in [-0.39, 0.29) is 5.82 Å². The molecule has 0 spiro atoms. The second-order valence-corrected chi connectivity index (χ2v) is 7.18. The Balaban J connectivity index is 1.91. The Hall–Kier alpha value is -1.26. The van der Waals surface area contributed by atoms with Gasteiger partial charge in [0.1, 0.15) is 10.8 Å². The van der Waals surface area contributed by atoms with Gasteiger partial charge in [-0.3, -0.25) is 0 Å². The third-order valence-electron chi connectivity index (χ3n) is 3.77. The zero-order valence-corrected chi connectivity index (χ0v) is 13.6. The fourth-order valence-electron chi connectivity index (χ4n) is 2.36. The summed E-state index contributed by atoms with van der Waals surface area (Å²) in [4.78, 5) is 6.18. The molecular weight excluding hydrogens is 283 g/mol. The molecule has 1 aromatic heterocycles. The molecule has 4 heteroatoms. The number of hydrogen-bond donors (Lipinski definition) is 1. The summed E-state index contributed by atoms with van der Waals surface area (Å²) < 4.78 is 13.4. The molecule has 0 atom stereocenters. The Morgan fingerprint density at radius 2 is 2.14 bits per heavy atom. The highest BCUT2D eigenvalue weighted by atomic mass is 32.1. The number of nitrogens with one attached hydrogen (secondary N) is 1. The monoisotopic (exact) mass is 304 g/mol. The Morgan fingerprint density at radius 1 is 1.38 bits per heavy atom. The lowest BCUT2D eigenvalue weighted by Crippen LogP contribution is -2.21. The average Bonchev–Trinajstić information content (AvgIpc) is 3.20. The molecular formula is C17H21FN2S. The van der Waals surface area contributed by atoms with Crippen molar-refractivity contribution < 1.29 is 4.39 Å². The highest BCUT2D eigenvalue weighted by Gasteiger charge is 2.29. The molecule has 0 amide bonds. The molecule has 2 nitrogen and oxygen atoms in total. The molecule has 2 aromatic rings. The summed E-state index contributed by atoms with van der Waals surface area (Å²) in [6.07, 6.45) is 2.50. The summed E-state index contributed by atoms with van der Waals surface area (Å²) in [6.45, 7) is 6.99. The van der Waals surface area contributed by atoms with Crippen molar-refractivity contribution in [1.82, 2.24) is 10.3 Å². The molecule has 0 saturated heterocycles. The van der Waals surface area contributed by atoms with Gasteiger partial charge in [-0.25, -0.2) is 9.37 Å². The fourth-order valence-corrected chi connectivity index (χ4v) is 3.46. The predicted molar refractivity (Wildman–Crippen MR) is 86.2 cm³/mol. The number of aromatic nitrogens is 1. The summed E-state index contributed by atoms with van der Waals surface area (Å²) in [5, 5.41) is 4.49. The second kappa shape index (κ2) is 5.85. The summed E-state index contributed by atoms with van der Waals surface area (Å²) in [6, 6.07) is 5.73. The van der Waals surface area contributed by atoms with Gasteiger partial charge in [0.05, 0.1) is 5.69 Å². The van der Waals surface area contributed by atoms with Crippen LogP contribution in [0.1, 0.15) is 48.7 Å². The Kier molecular flexibility index (Phi) is 4.09. The van der Waals surface area contributed by atoms with E-state index in [9.17, 15) is 4.39 Å². The zero-order valence-electron chi connectivity index (χ0n) is 12.7. The van der Waals surface area contributed by atoms with Crippen LogP contribution in [0.25, 0.3) is 10.6 Å². The van der Waals surface area contributed by atoms with Gasteiger partial charge in [0.25, 0.3) is 0 Å². The van der Waals surface area contributed by atoms with E-state index < -0.39 is 0 Å². The standard InChI is InChI=1S/C17H21FN2S/c1-10(2)19-9-15-16(12-4-5-12)20-17(21-15)13-6-7-14(18)11(3)8-13/h6-8,10,12,19H,4-5,9H2,1-3H3. The smallest absolute Gasteiger partial charge is 0.126 e. The molecule has 1 aliphatic carbocycles. The minimum atomic E-state index is -0.153. The van der Waals surface area contributed by atoms with Crippen molar-refractivity contribution in [3.63, 3.8) is 0 Å². The van der Waals surface area contributed by atoms with Crippen molar-refractivity contribution in [1.29, 1.82) is 0 Å². The first-order chi connectivity index (χ1) is 10.0. The van der Waals surface area contributed by atoms with Gasteiger partial charge < -0.3 is 5.32 Å². The van der Waals surface area contributed by atoms with Crippen molar-refractivity contribution in [3.8, 4) is 10.6 Å². The number of nitrogens with zero attached hydrogens (tertiary/aromatic N) is 1. The highest BCUT2D eigenvalue weighted by molar-refractivity contribution is 7.15. The van der Waals surface area contributed by atoms with Crippen LogP contribution in [0.2, 0.25) is 0 Å². The molecule has 1 aliphatic rings. The van der Waals surface area contributed by atoms with Crippen molar-refractivity contribution in [3.05, 3.63) is 40.2 Å². The summed E-state index contributed by atoms with van der Waals surface area (Å²) >= 11 is 1.74. The molecule has 0 aliphatic heterocycles. The third kappa shape index (κ3) is 3.33. The lowest BCUT2D eigenvalue weighted by molar-refractivity contribution is 0.590. The van der Waals surface area contributed by atoms with Crippen LogP contribution in [0.5, 0.6) is 0 Å². The van der Waals surface area contributed by atoms with Crippen LogP contribution in [0.4, 0.5) is 4.39 Å². The lowest BCUT2D eigenvalue weighted by atomic mass is 10.1. The number of rotatable bonds is 5.